The second-order valence-corrected chi connectivity index (χ2v) is 4.61. The summed E-state index contributed by atoms with van der Waals surface area (Å²) in [5.74, 6) is 0. The Labute approximate surface area is 124 Å². The van der Waals surface area contributed by atoms with Crippen LogP contribution in [0.1, 0.15) is 6.92 Å². The fourth-order valence-electron chi connectivity index (χ4n) is 2.23. The molecule has 1 rings (SSSR count). The quantitative estimate of drug-likeness (QED) is 0.475. The van der Waals surface area contributed by atoms with Crippen LogP contribution in [0.4, 0.5) is 0 Å². The van der Waals surface area contributed by atoms with Gasteiger partial charge in [-0.3, -0.25) is 0 Å². The molecule has 0 radical (unpaired) electrons. The van der Waals surface area contributed by atoms with E-state index in [-0.39, 0.29) is 44.7 Å². The number of methoxy groups -OCH3 is 2. The van der Waals surface area contributed by atoms with Crippen LogP contribution in [0.15, 0.2) is 0 Å². The van der Waals surface area contributed by atoms with Crippen LogP contribution in [0, 0.1) is 0 Å². The molecule has 0 saturated carbocycles. The highest BCUT2D eigenvalue weighted by Crippen LogP contribution is 2.27. The van der Waals surface area contributed by atoms with Gasteiger partial charge in [-0.2, -0.15) is 0 Å². The van der Waals surface area contributed by atoms with Gasteiger partial charge >= 0.3 is 0 Å². The van der Waals surface area contributed by atoms with Crippen molar-refractivity contribution in [1.29, 1.82) is 0 Å². The van der Waals surface area contributed by atoms with Crippen LogP contribution in [-0.4, -0.2) is 88.4 Å². The summed E-state index contributed by atoms with van der Waals surface area (Å²) in [5.41, 5.74) is 0. The van der Waals surface area contributed by atoms with Gasteiger partial charge in [0.2, 0.25) is 0 Å². The Morgan fingerprint density at radius 1 is 1.05 bits per heavy atom. The molecule has 1 saturated heterocycles. The van der Waals surface area contributed by atoms with Crippen molar-refractivity contribution >= 4 is 0 Å². The number of aliphatic hydroxyl groups is 2. The maximum Gasteiger partial charge on any atom is 0.272 e. The molecule has 1 aliphatic rings. The fourth-order valence-corrected chi connectivity index (χ4v) is 2.23. The first-order valence-electron chi connectivity index (χ1n) is 6.95. The molecule has 0 amide bonds. The molecule has 2 N–H and O–H groups in total. The summed E-state index contributed by atoms with van der Waals surface area (Å²) in [6.45, 7) is 1.08. The lowest BCUT2D eigenvalue weighted by Gasteiger charge is -2.27. The van der Waals surface area contributed by atoms with E-state index >= 15 is 0 Å². The monoisotopic (exact) mass is 310 g/mol. The van der Waals surface area contributed by atoms with Gasteiger partial charge < -0.3 is 38.6 Å². The second kappa shape index (κ2) is 10.4. The van der Waals surface area contributed by atoms with Gasteiger partial charge in [0.1, 0.15) is 18.3 Å². The molecular weight excluding hydrogens is 284 g/mol. The number of rotatable bonds is 11. The Morgan fingerprint density at radius 3 is 2.14 bits per heavy atom. The second-order valence-electron chi connectivity index (χ2n) is 4.61. The molecule has 1 fully saturated rings. The van der Waals surface area contributed by atoms with E-state index in [2.05, 4.69) is 0 Å². The Bertz CT molecular complexity index is 257. The maximum atomic E-state index is 8.81. The normalized spacial score (nSPS) is 29.4. The molecule has 0 aromatic heterocycles. The van der Waals surface area contributed by atoms with Crippen LogP contribution in [-0.2, 0) is 28.4 Å². The SMILES string of the molecule is COC[C@H]1O[C@@H](C)C(OC(OCCO)OCCO)[C@H]1OC. The maximum absolute atomic E-state index is 8.81. The molecular formula is C13H26O8. The van der Waals surface area contributed by atoms with Gasteiger partial charge in [-0.1, -0.05) is 0 Å². The van der Waals surface area contributed by atoms with Gasteiger partial charge in [-0.05, 0) is 6.92 Å². The molecule has 0 aromatic rings. The summed E-state index contributed by atoms with van der Waals surface area (Å²) in [5, 5.41) is 17.6. The molecule has 0 aliphatic carbocycles. The number of hydrogen-bond donors (Lipinski definition) is 2. The zero-order valence-electron chi connectivity index (χ0n) is 12.8. The van der Waals surface area contributed by atoms with E-state index in [1.165, 1.54) is 0 Å². The van der Waals surface area contributed by atoms with Crippen molar-refractivity contribution in [3.8, 4) is 0 Å². The Hall–Kier alpha value is -0.320. The molecule has 21 heavy (non-hydrogen) atoms. The zero-order valence-corrected chi connectivity index (χ0v) is 12.8. The third-order valence-electron chi connectivity index (χ3n) is 3.10. The van der Waals surface area contributed by atoms with Gasteiger partial charge in [-0.15, -0.1) is 0 Å². The van der Waals surface area contributed by atoms with Crippen LogP contribution in [0.25, 0.3) is 0 Å². The minimum Gasteiger partial charge on any atom is -0.394 e. The lowest BCUT2D eigenvalue weighted by atomic mass is 10.1. The van der Waals surface area contributed by atoms with E-state index in [1.54, 1.807) is 14.2 Å². The first-order chi connectivity index (χ1) is 10.2. The van der Waals surface area contributed by atoms with Gasteiger partial charge in [0, 0.05) is 14.2 Å². The predicted octanol–water partition coefficient (Wildman–Crippen LogP) is -0.878. The summed E-state index contributed by atoms with van der Waals surface area (Å²) in [7, 11) is 3.16. The molecule has 0 spiro atoms. The van der Waals surface area contributed by atoms with E-state index in [0.29, 0.717) is 6.61 Å². The Morgan fingerprint density at radius 2 is 1.67 bits per heavy atom. The van der Waals surface area contributed by atoms with E-state index in [1.807, 2.05) is 6.92 Å². The van der Waals surface area contributed by atoms with E-state index in [4.69, 9.17) is 38.6 Å². The van der Waals surface area contributed by atoms with E-state index < -0.39 is 12.6 Å². The van der Waals surface area contributed by atoms with Crippen LogP contribution in [0.5, 0.6) is 0 Å². The molecule has 8 heteroatoms. The molecule has 4 atom stereocenters. The molecule has 1 aliphatic heterocycles. The smallest absolute Gasteiger partial charge is 0.272 e. The summed E-state index contributed by atoms with van der Waals surface area (Å²) < 4.78 is 32.5. The largest absolute Gasteiger partial charge is 0.394 e. The summed E-state index contributed by atoms with van der Waals surface area (Å²) in [6, 6.07) is 0. The van der Waals surface area contributed by atoms with Crippen molar-refractivity contribution in [1.82, 2.24) is 0 Å². The van der Waals surface area contributed by atoms with Gasteiger partial charge in [0.15, 0.2) is 0 Å². The minimum atomic E-state index is -1.00. The number of hydrogen-bond acceptors (Lipinski definition) is 8. The standard InChI is InChI=1S/C13H26O8/c1-9-11(12(17-3)10(20-9)8-16-2)21-13(18-6-4-14)19-7-5-15/h9-15H,4-8H2,1-3H3/t9-,10+,11?,12-/m0/s1. The van der Waals surface area contributed by atoms with Crippen LogP contribution in [0.2, 0.25) is 0 Å². The van der Waals surface area contributed by atoms with Crippen molar-refractivity contribution in [2.75, 3.05) is 47.3 Å². The van der Waals surface area contributed by atoms with E-state index in [9.17, 15) is 0 Å². The number of aliphatic hydroxyl groups excluding tert-OH is 2. The van der Waals surface area contributed by atoms with Crippen LogP contribution >= 0.6 is 0 Å². The van der Waals surface area contributed by atoms with E-state index in [0.717, 1.165) is 0 Å². The van der Waals surface area contributed by atoms with Gasteiger partial charge in [0.25, 0.3) is 6.48 Å². The van der Waals surface area contributed by atoms with Crippen LogP contribution < -0.4 is 0 Å². The third-order valence-corrected chi connectivity index (χ3v) is 3.10. The molecule has 0 aromatic carbocycles. The molecule has 1 heterocycles. The van der Waals surface area contributed by atoms with Crippen molar-refractivity contribution < 1.29 is 38.6 Å². The average Bonchev–Trinajstić information content (AvgIpc) is 2.77. The average molecular weight is 310 g/mol. The predicted molar refractivity (Wildman–Crippen MR) is 71.7 cm³/mol. The first kappa shape index (κ1) is 18.7. The summed E-state index contributed by atoms with van der Waals surface area (Å²) >= 11 is 0. The number of ether oxygens (including phenoxy) is 6. The van der Waals surface area contributed by atoms with Crippen molar-refractivity contribution in [3.63, 3.8) is 0 Å². The van der Waals surface area contributed by atoms with Crippen molar-refractivity contribution in [3.05, 3.63) is 0 Å². The van der Waals surface area contributed by atoms with Crippen molar-refractivity contribution in [2.24, 2.45) is 0 Å². The van der Waals surface area contributed by atoms with Crippen molar-refractivity contribution in [2.45, 2.75) is 37.8 Å². The molecule has 1 unspecified atom stereocenters. The molecule has 0 bridgehead atoms. The summed E-state index contributed by atoms with van der Waals surface area (Å²) in [4.78, 5) is 0. The highest BCUT2D eigenvalue weighted by molar-refractivity contribution is 4.91. The fraction of sp³-hybridized carbons (Fsp3) is 1.00. The van der Waals surface area contributed by atoms with Gasteiger partial charge in [-0.25, -0.2) is 0 Å². The molecule has 126 valence electrons. The first-order valence-corrected chi connectivity index (χ1v) is 6.95. The Kier molecular flexibility index (Phi) is 9.29. The lowest BCUT2D eigenvalue weighted by Crippen LogP contribution is -2.41. The zero-order chi connectivity index (χ0) is 15.7. The van der Waals surface area contributed by atoms with Crippen LogP contribution in [0.3, 0.4) is 0 Å². The highest BCUT2D eigenvalue weighted by Gasteiger charge is 2.45. The lowest BCUT2D eigenvalue weighted by molar-refractivity contribution is -0.317. The third kappa shape index (κ3) is 5.76. The van der Waals surface area contributed by atoms with Gasteiger partial charge in [0.05, 0.1) is 39.1 Å². The highest BCUT2D eigenvalue weighted by atomic mass is 16.9. The summed E-state index contributed by atoms with van der Waals surface area (Å²) in [6.07, 6.45) is -1.19. The topological polar surface area (TPSA) is 95.8 Å². The minimum absolute atomic E-state index is 0.0667. The Balaban J connectivity index is 2.61. The molecule has 8 nitrogen and oxygen atoms in total.